The quantitative estimate of drug-likeness (QED) is 0.304. The van der Waals surface area contributed by atoms with E-state index in [2.05, 4.69) is 46.6 Å². The van der Waals surface area contributed by atoms with E-state index in [0.29, 0.717) is 31.3 Å². The second kappa shape index (κ2) is 12.7. The van der Waals surface area contributed by atoms with Gasteiger partial charge in [0.1, 0.15) is 10.8 Å². The Kier molecular flexibility index (Phi) is 9.58. The molecule has 232 valence electrons. The largest absolute Gasteiger partial charge is 0.496 e. The van der Waals surface area contributed by atoms with Gasteiger partial charge in [-0.1, -0.05) is 37.6 Å². The highest BCUT2D eigenvalue weighted by atomic mass is 35.5. The van der Waals surface area contributed by atoms with Gasteiger partial charge in [-0.25, -0.2) is 13.4 Å². The summed E-state index contributed by atoms with van der Waals surface area (Å²) in [5, 5.41) is 6.07. The van der Waals surface area contributed by atoms with Gasteiger partial charge in [0.15, 0.2) is 15.7 Å². The third kappa shape index (κ3) is 7.05. The average Bonchev–Trinajstić information content (AvgIpc) is 2.93. The molecule has 2 heterocycles. The lowest BCUT2D eigenvalue weighted by Gasteiger charge is -2.41. The summed E-state index contributed by atoms with van der Waals surface area (Å²) in [4.78, 5) is 25.9. The number of carbonyl (C=O) groups excluding carboxylic acids is 1. The summed E-state index contributed by atoms with van der Waals surface area (Å²) in [6, 6.07) is 10.5. The van der Waals surface area contributed by atoms with E-state index in [1.54, 1.807) is 45.2 Å². The summed E-state index contributed by atoms with van der Waals surface area (Å²) >= 11 is 6.43. The lowest BCUT2D eigenvalue weighted by atomic mass is 9.77. The van der Waals surface area contributed by atoms with E-state index >= 15 is 0 Å². The maximum absolute atomic E-state index is 13.0. The van der Waals surface area contributed by atoms with Crippen molar-refractivity contribution in [1.82, 2.24) is 19.8 Å². The number of ether oxygens (including phenoxy) is 1. The van der Waals surface area contributed by atoms with Gasteiger partial charge in [0.05, 0.1) is 41.7 Å². The molecule has 0 radical (unpaired) electrons. The first-order valence-corrected chi connectivity index (χ1v) is 16.1. The second-order valence-electron chi connectivity index (χ2n) is 12.1. The van der Waals surface area contributed by atoms with Gasteiger partial charge in [0.2, 0.25) is 11.9 Å². The molecule has 1 atom stereocenters. The van der Waals surface area contributed by atoms with Crippen molar-refractivity contribution in [1.29, 1.82) is 0 Å². The zero-order chi connectivity index (χ0) is 31.7. The number of carbonyl (C=O) groups is 1. The maximum atomic E-state index is 13.0. The Bertz CT molecular complexity index is 1610. The van der Waals surface area contributed by atoms with Crippen LogP contribution in [0.25, 0.3) is 0 Å². The maximum Gasteiger partial charge on any atom is 0.237 e. The van der Waals surface area contributed by atoms with Crippen LogP contribution < -0.4 is 15.4 Å². The number of rotatable bonds is 10. The number of amides is 1. The van der Waals surface area contributed by atoms with Crippen molar-refractivity contribution in [2.45, 2.75) is 62.8 Å². The summed E-state index contributed by atoms with van der Waals surface area (Å²) in [7, 11) is 1.88. The summed E-state index contributed by atoms with van der Waals surface area (Å²) in [5.74, 6) is 1.38. The first kappa shape index (κ1) is 32.5. The van der Waals surface area contributed by atoms with Crippen LogP contribution in [-0.4, -0.2) is 73.6 Å². The first-order valence-electron chi connectivity index (χ1n) is 14.2. The Morgan fingerprint density at radius 2 is 1.88 bits per heavy atom. The molecule has 0 unspecified atom stereocenters. The molecule has 10 nitrogen and oxygen atoms in total. The number of benzene rings is 2. The normalized spacial score (nSPS) is 15.3. The number of aromatic nitrogens is 2. The number of likely N-dealkylation sites (N-methyl/N-ethyl adjacent to an activating group) is 1. The third-order valence-electron chi connectivity index (χ3n) is 7.56. The van der Waals surface area contributed by atoms with Crippen LogP contribution in [0.2, 0.25) is 5.02 Å². The molecule has 12 heteroatoms. The van der Waals surface area contributed by atoms with E-state index in [1.165, 1.54) is 6.20 Å². The lowest BCUT2D eigenvalue weighted by Crippen LogP contribution is -2.47. The fourth-order valence-electron chi connectivity index (χ4n) is 5.29. The third-order valence-corrected chi connectivity index (χ3v) is 10.0. The number of nitrogens with one attached hydrogen (secondary N) is 2. The predicted octanol–water partition coefficient (Wildman–Crippen LogP) is 5.42. The van der Waals surface area contributed by atoms with Gasteiger partial charge < -0.3 is 25.2 Å². The zero-order valence-corrected chi connectivity index (χ0v) is 27.6. The fourth-order valence-corrected chi connectivity index (χ4v) is 6.63. The van der Waals surface area contributed by atoms with Crippen molar-refractivity contribution < 1.29 is 17.9 Å². The van der Waals surface area contributed by atoms with E-state index in [9.17, 15) is 13.2 Å². The number of anilines is 3. The Balaban J connectivity index is 1.63. The standard InChI is InChI=1S/C31H41ClN6O4S/c1-19(2)43(40,41)27-12-10-9-11-25(27)35-29-24(32)15-33-30(36-29)34-20(3)22-13-21-16-38(28(39)17-37(6)7)18-31(4,5)23(21)14-26(22)42-8/h9-15,19-20H,16-18H2,1-8H3,(H2,33,34,35,36)/t20-/m1/s1. The van der Waals surface area contributed by atoms with Gasteiger partial charge in [-0.3, -0.25) is 4.79 Å². The summed E-state index contributed by atoms with van der Waals surface area (Å²) in [6.07, 6.45) is 1.46. The van der Waals surface area contributed by atoms with E-state index in [-0.39, 0.29) is 33.1 Å². The molecule has 2 N–H and O–H groups in total. The highest BCUT2D eigenvalue weighted by Gasteiger charge is 2.35. The van der Waals surface area contributed by atoms with Crippen molar-refractivity contribution in [3.63, 3.8) is 0 Å². The molecule has 0 fully saturated rings. The minimum atomic E-state index is -3.55. The number of hydrogen-bond donors (Lipinski definition) is 2. The topological polar surface area (TPSA) is 117 Å². The fraction of sp³-hybridized carbons (Fsp3) is 0.452. The minimum Gasteiger partial charge on any atom is -0.496 e. The summed E-state index contributed by atoms with van der Waals surface area (Å²) in [5.41, 5.74) is 3.23. The van der Waals surface area contributed by atoms with Gasteiger partial charge in [0, 0.05) is 24.1 Å². The molecule has 1 aromatic heterocycles. The molecule has 1 aliphatic heterocycles. The molecule has 1 aliphatic rings. The van der Waals surface area contributed by atoms with Crippen molar-refractivity contribution in [2.24, 2.45) is 0 Å². The SMILES string of the molecule is COc1cc2c(cc1[C@@H](C)Nc1ncc(Cl)c(Nc3ccccc3S(=O)(=O)C(C)C)n1)CN(C(=O)CN(C)C)CC2(C)C. The number of halogens is 1. The van der Waals surface area contributed by atoms with Gasteiger partial charge in [-0.15, -0.1) is 0 Å². The highest BCUT2D eigenvalue weighted by molar-refractivity contribution is 7.92. The molecular formula is C31H41ClN6O4S. The van der Waals surface area contributed by atoms with Crippen LogP contribution in [0.1, 0.15) is 57.4 Å². The van der Waals surface area contributed by atoms with Crippen LogP contribution in [0.15, 0.2) is 47.5 Å². The Morgan fingerprint density at radius 3 is 2.53 bits per heavy atom. The zero-order valence-electron chi connectivity index (χ0n) is 26.0. The smallest absolute Gasteiger partial charge is 0.237 e. The lowest BCUT2D eigenvalue weighted by molar-refractivity contribution is -0.133. The van der Waals surface area contributed by atoms with Crippen molar-refractivity contribution in [3.8, 4) is 5.75 Å². The first-order chi connectivity index (χ1) is 20.1. The summed E-state index contributed by atoms with van der Waals surface area (Å²) in [6.45, 7) is 11.0. The molecule has 43 heavy (non-hydrogen) atoms. The molecular weight excluding hydrogens is 588 g/mol. The number of para-hydroxylation sites is 1. The molecule has 2 aromatic carbocycles. The van der Waals surface area contributed by atoms with Crippen LogP contribution in [0.3, 0.4) is 0 Å². The van der Waals surface area contributed by atoms with Gasteiger partial charge in [0.25, 0.3) is 0 Å². The van der Waals surface area contributed by atoms with Crippen molar-refractivity contribution >= 4 is 44.8 Å². The van der Waals surface area contributed by atoms with E-state index < -0.39 is 15.1 Å². The summed E-state index contributed by atoms with van der Waals surface area (Å²) < 4.78 is 31.7. The molecule has 1 amide bonds. The molecule has 0 spiro atoms. The van der Waals surface area contributed by atoms with Crippen LogP contribution in [0, 0.1) is 0 Å². The molecule has 0 aliphatic carbocycles. The average molecular weight is 629 g/mol. The number of nitrogens with zero attached hydrogens (tertiary/aromatic N) is 4. The number of fused-ring (bicyclic) bond motifs is 1. The minimum absolute atomic E-state index is 0.0876. The van der Waals surface area contributed by atoms with Gasteiger partial charge in [-0.2, -0.15) is 4.98 Å². The molecule has 0 saturated carbocycles. The molecule has 4 rings (SSSR count). The van der Waals surface area contributed by atoms with Gasteiger partial charge >= 0.3 is 0 Å². The van der Waals surface area contributed by atoms with Crippen LogP contribution in [-0.2, 0) is 26.6 Å². The molecule has 0 saturated heterocycles. The monoisotopic (exact) mass is 628 g/mol. The van der Waals surface area contributed by atoms with E-state index in [4.69, 9.17) is 16.3 Å². The van der Waals surface area contributed by atoms with E-state index in [1.807, 2.05) is 30.8 Å². The number of methoxy groups -OCH3 is 1. The molecule has 3 aromatic rings. The Hall–Kier alpha value is -3.41. The van der Waals surface area contributed by atoms with Crippen LogP contribution >= 0.6 is 11.6 Å². The second-order valence-corrected chi connectivity index (χ2v) is 15.0. The molecule has 0 bridgehead atoms. The Labute approximate surface area is 259 Å². The van der Waals surface area contributed by atoms with Crippen molar-refractivity contribution in [3.05, 3.63) is 64.3 Å². The number of hydrogen-bond acceptors (Lipinski definition) is 9. The van der Waals surface area contributed by atoms with Crippen molar-refractivity contribution in [2.75, 3.05) is 44.9 Å². The predicted molar refractivity (Wildman–Crippen MR) is 171 cm³/mol. The number of sulfone groups is 1. The highest BCUT2D eigenvalue weighted by Crippen LogP contribution is 2.40. The van der Waals surface area contributed by atoms with Crippen LogP contribution in [0.5, 0.6) is 5.75 Å². The Morgan fingerprint density at radius 1 is 1.19 bits per heavy atom. The van der Waals surface area contributed by atoms with Gasteiger partial charge in [-0.05, 0) is 70.3 Å². The van der Waals surface area contributed by atoms with Crippen LogP contribution in [0.4, 0.5) is 17.5 Å². The van der Waals surface area contributed by atoms with E-state index in [0.717, 1.165) is 22.4 Å².